The molecular formula is C44H86N2O6. The number of carbonyl (C=O) groups is 1. The first kappa shape index (κ1) is 47.4. The maximum atomic E-state index is 12.8. The Kier molecular flexibility index (Phi) is 22.5. The Labute approximate surface area is 322 Å². The lowest BCUT2D eigenvalue weighted by Gasteiger charge is -2.53. The minimum atomic E-state index is -0.181. The predicted molar refractivity (Wildman–Crippen MR) is 215 cm³/mol. The van der Waals surface area contributed by atoms with Gasteiger partial charge in [-0.05, 0) is 93.9 Å². The summed E-state index contributed by atoms with van der Waals surface area (Å²) in [5.74, 6) is -0.0478. The fourth-order valence-corrected chi connectivity index (χ4v) is 8.97. The molecule has 2 heterocycles. The minimum absolute atomic E-state index is 0.0478. The van der Waals surface area contributed by atoms with Crippen LogP contribution in [0.5, 0.6) is 0 Å². The van der Waals surface area contributed by atoms with Crippen molar-refractivity contribution in [2.75, 3.05) is 19.8 Å². The Morgan fingerprint density at radius 3 is 1.25 bits per heavy atom. The molecule has 0 atom stereocenters. The fraction of sp³-hybridized carbons (Fsp3) is 0.977. The van der Waals surface area contributed by atoms with Gasteiger partial charge in [-0.25, -0.2) is 9.78 Å². The van der Waals surface area contributed by atoms with E-state index in [2.05, 4.69) is 79.4 Å². The standard InChI is InChI=1S/C44H86N2O6/c1-11-13-15-17-23-27-31-48-45-41(3,4)34-38(35-42(45,5)6)51-40(47)30-26-22-20-19-21-25-29-33-50-52-39-36-43(7,8)46(44(9,10)37-39)49-32-28-24-18-16-14-12-2/h38-39H,11-37H2,1-10H3. The van der Waals surface area contributed by atoms with Crippen molar-refractivity contribution in [3.05, 3.63) is 0 Å². The van der Waals surface area contributed by atoms with E-state index in [9.17, 15) is 4.79 Å². The molecule has 0 unspecified atom stereocenters. The van der Waals surface area contributed by atoms with E-state index < -0.39 is 0 Å². The summed E-state index contributed by atoms with van der Waals surface area (Å²) in [5.41, 5.74) is -0.580. The van der Waals surface area contributed by atoms with Crippen LogP contribution in [0.4, 0.5) is 0 Å². The third-order valence-corrected chi connectivity index (χ3v) is 11.2. The molecule has 0 aromatic carbocycles. The second-order valence-electron chi connectivity index (χ2n) is 18.7. The van der Waals surface area contributed by atoms with E-state index in [4.69, 9.17) is 24.2 Å². The molecule has 2 saturated heterocycles. The van der Waals surface area contributed by atoms with Crippen molar-refractivity contribution in [3.63, 3.8) is 0 Å². The molecule has 2 aliphatic rings. The third-order valence-electron chi connectivity index (χ3n) is 11.2. The van der Waals surface area contributed by atoms with Crippen molar-refractivity contribution in [1.82, 2.24) is 10.1 Å². The van der Waals surface area contributed by atoms with E-state index in [1.165, 1.54) is 77.0 Å². The summed E-state index contributed by atoms with van der Waals surface area (Å²) < 4.78 is 6.02. The van der Waals surface area contributed by atoms with Crippen molar-refractivity contribution >= 4 is 5.97 Å². The number of piperidine rings is 2. The molecule has 2 fully saturated rings. The minimum Gasteiger partial charge on any atom is -0.462 e. The summed E-state index contributed by atoms with van der Waals surface area (Å²) in [6.07, 6.45) is 26.8. The van der Waals surface area contributed by atoms with Crippen molar-refractivity contribution in [1.29, 1.82) is 0 Å². The summed E-state index contributed by atoms with van der Waals surface area (Å²) >= 11 is 0. The number of hydroxylamine groups is 4. The summed E-state index contributed by atoms with van der Waals surface area (Å²) in [6.45, 7) is 24.6. The lowest BCUT2D eigenvalue weighted by atomic mass is 9.80. The van der Waals surface area contributed by atoms with E-state index in [-0.39, 0.29) is 40.3 Å². The van der Waals surface area contributed by atoms with Crippen LogP contribution < -0.4 is 0 Å². The van der Waals surface area contributed by atoms with Crippen LogP contribution in [0.25, 0.3) is 0 Å². The zero-order valence-electron chi connectivity index (χ0n) is 36.1. The van der Waals surface area contributed by atoms with Crippen LogP contribution >= 0.6 is 0 Å². The highest BCUT2D eigenvalue weighted by Gasteiger charge is 2.48. The molecule has 0 N–H and O–H groups in total. The van der Waals surface area contributed by atoms with E-state index in [1.54, 1.807) is 0 Å². The van der Waals surface area contributed by atoms with Crippen LogP contribution in [0.15, 0.2) is 0 Å². The monoisotopic (exact) mass is 739 g/mol. The highest BCUT2D eigenvalue weighted by Crippen LogP contribution is 2.41. The number of carbonyl (C=O) groups excluding carboxylic acids is 1. The largest absolute Gasteiger partial charge is 0.462 e. The lowest BCUT2D eigenvalue weighted by molar-refractivity contribution is -0.364. The van der Waals surface area contributed by atoms with Gasteiger partial charge in [-0.2, -0.15) is 10.1 Å². The summed E-state index contributed by atoms with van der Waals surface area (Å²) in [6, 6.07) is 0. The molecule has 0 aromatic heterocycles. The molecule has 0 saturated carbocycles. The molecule has 2 aliphatic heterocycles. The first-order valence-electron chi connectivity index (χ1n) is 22.0. The molecule has 0 aromatic rings. The average molecular weight is 739 g/mol. The van der Waals surface area contributed by atoms with Crippen LogP contribution in [0, 0.1) is 0 Å². The molecule has 52 heavy (non-hydrogen) atoms. The molecule has 0 bridgehead atoms. The van der Waals surface area contributed by atoms with E-state index in [0.29, 0.717) is 13.0 Å². The van der Waals surface area contributed by atoms with Crippen LogP contribution in [-0.4, -0.2) is 70.3 Å². The number of hydrogen-bond donors (Lipinski definition) is 0. The predicted octanol–water partition coefficient (Wildman–Crippen LogP) is 12.2. The van der Waals surface area contributed by atoms with Gasteiger partial charge in [0.2, 0.25) is 0 Å². The SMILES string of the molecule is CCCCCCCCON1C(C)(C)CC(OOCCCCCCCCCC(=O)OC2CC(C)(C)N(OCCCCCCCC)C(C)(C)C2)CC1(C)C. The van der Waals surface area contributed by atoms with Crippen LogP contribution in [0.1, 0.15) is 223 Å². The van der Waals surface area contributed by atoms with E-state index in [0.717, 1.165) is 83.8 Å². The van der Waals surface area contributed by atoms with Crippen LogP contribution in [0.2, 0.25) is 0 Å². The Morgan fingerprint density at radius 1 is 0.481 bits per heavy atom. The van der Waals surface area contributed by atoms with Crippen molar-refractivity contribution in [3.8, 4) is 0 Å². The maximum absolute atomic E-state index is 12.8. The third kappa shape index (κ3) is 18.2. The first-order chi connectivity index (χ1) is 24.6. The second kappa shape index (κ2) is 24.7. The van der Waals surface area contributed by atoms with Crippen LogP contribution in [0.3, 0.4) is 0 Å². The Bertz CT molecular complexity index is 902. The van der Waals surface area contributed by atoms with Gasteiger partial charge in [0.05, 0.1) is 25.9 Å². The number of rotatable bonds is 29. The number of hydrogen-bond acceptors (Lipinski definition) is 8. The summed E-state index contributed by atoms with van der Waals surface area (Å²) in [4.78, 5) is 37.1. The van der Waals surface area contributed by atoms with Gasteiger partial charge < -0.3 is 4.74 Å². The lowest BCUT2D eigenvalue weighted by Crippen LogP contribution is -2.62. The first-order valence-corrected chi connectivity index (χ1v) is 22.0. The molecular weight excluding hydrogens is 652 g/mol. The quantitative estimate of drug-likeness (QED) is 0.0325. The van der Waals surface area contributed by atoms with Gasteiger partial charge in [-0.3, -0.25) is 14.5 Å². The van der Waals surface area contributed by atoms with Crippen molar-refractivity contribution in [2.24, 2.45) is 0 Å². The van der Waals surface area contributed by atoms with Gasteiger partial charge in [0.25, 0.3) is 0 Å². The zero-order valence-corrected chi connectivity index (χ0v) is 36.1. The zero-order chi connectivity index (χ0) is 38.5. The van der Waals surface area contributed by atoms with E-state index in [1.807, 2.05) is 0 Å². The number of unbranched alkanes of at least 4 members (excludes halogenated alkanes) is 16. The van der Waals surface area contributed by atoms with Gasteiger partial charge in [0.1, 0.15) is 6.10 Å². The number of nitrogens with zero attached hydrogens (tertiary/aromatic N) is 2. The molecule has 0 radical (unpaired) electrons. The normalized spacial score (nSPS) is 20.7. The van der Waals surface area contributed by atoms with Gasteiger partial charge in [-0.15, -0.1) is 0 Å². The highest BCUT2D eigenvalue weighted by atomic mass is 17.2. The molecule has 0 amide bonds. The van der Waals surface area contributed by atoms with Gasteiger partial charge in [0, 0.05) is 41.4 Å². The molecule has 2 rings (SSSR count). The Balaban J connectivity index is 1.51. The van der Waals surface area contributed by atoms with Gasteiger partial charge >= 0.3 is 5.97 Å². The van der Waals surface area contributed by atoms with Gasteiger partial charge in [0.15, 0.2) is 0 Å². The number of esters is 1. The molecule has 8 heteroatoms. The molecule has 8 nitrogen and oxygen atoms in total. The number of ether oxygens (including phenoxy) is 1. The van der Waals surface area contributed by atoms with E-state index >= 15 is 0 Å². The van der Waals surface area contributed by atoms with Crippen molar-refractivity contribution < 1.29 is 29.0 Å². The smallest absolute Gasteiger partial charge is 0.306 e. The van der Waals surface area contributed by atoms with Gasteiger partial charge in [-0.1, -0.05) is 110 Å². The summed E-state index contributed by atoms with van der Waals surface area (Å²) in [7, 11) is 0. The molecule has 0 aliphatic carbocycles. The average Bonchev–Trinajstić information content (AvgIpc) is 3.03. The topological polar surface area (TPSA) is 69.7 Å². The fourth-order valence-electron chi connectivity index (χ4n) is 8.97. The van der Waals surface area contributed by atoms with Crippen molar-refractivity contribution in [2.45, 2.75) is 258 Å². The Morgan fingerprint density at radius 2 is 0.827 bits per heavy atom. The second-order valence-corrected chi connectivity index (χ2v) is 18.7. The molecule has 308 valence electrons. The van der Waals surface area contributed by atoms with Crippen LogP contribution in [-0.2, 0) is 29.0 Å². The summed E-state index contributed by atoms with van der Waals surface area (Å²) in [5, 5.41) is 4.42. The highest BCUT2D eigenvalue weighted by molar-refractivity contribution is 5.69. The Hall–Kier alpha value is -0.770. The molecule has 0 spiro atoms. The maximum Gasteiger partial charge on any atom is 0.306 e.